The molecule has 0 bridgehead atoms. The third-order valence-corrected chi connectivity index (χ3v) is 6.44. The Kier molecular flexibility index (Phi) is 5.92. The molecular formula is C24H26ClFN4O3. The number of anilines is 1. The molecule has 2 atom stereocenters. The number of nitrogens with zero attached hydrogens (tertiary/aromatic N) is 2. The maximum Gasteiger partial charge on any atom is 0.256 e. The molecule has 0 aliphatic carbocycles. The molecule has 1 saturated heterocycles. The van der Waals surface area contributed by atoms with Crippen LogP contribution in [-0.2, 0) is 9.59 Å². The maximum atomic E-state index is 14.4. The van der Waals surface area contributed by atoms with Crippen LogP contribution in [0.15, 0.2) is 36.4 Å². The zero-order chi connectivity index (χ0) is 24.1. The van der Waals surface area contributed by atoms with Gasteiger partial charge in [-0.3, -0.25) is 14.4 Å². The Balaban J connectivity index is 1.63. The summed E-state index contributed by atoms with van der Waals surface area (Å²) in [6.45, 7) is 6.17. The van der Waals surface area contributed by atoms with Gasteiger partial charge in [-0.05, 0) is 41.3 Å². The summed E-state index contributed by atoms with van der Waals surface area (Å²) in [4.78, 5) is 42.3. The monoisotopic (exact) mass is 472 g/mol. The number of hydrogen-bond acceptors (Lipinski definition) is 4. The number of carbonyl (C=O) groups excluding carboxylic acids is 3. The average molecular weight is 473 g/mol. The molecule has 2 heterocycles. The van der Waals surface area contributed by atoms with Gasteiger partial charge in [0.1, 0.15) is 11.9 Å². The zero-order valence-electron chi connectivity index (χ0n) is 18.7. The Morgan fingerprint density at radius 2 is 1.88 bits per heavy atom. The lowest BCUT2D eigenvalue weighted by Gasteiger charge is -2.41. The topological polar surface area (TPSA) is 95.7 Å². The normalized spacial score (nSPS) is 19.4. The van der Waals surface area contributed by atoms with Gasteiger partial charge in [-0.1, -0.05) is 38.4 Å². The van der Waals surface area contributed by atoms with Gasteiger partial charge >= 0.3 is 0 Å². The van der Waals surface area contributed by atoms with Crippen molar-refractivity contribution in [2.24, 2.45) is 11.1 Å². The van der Waals surface area contributed by atoms with Crippen molar-refractivity contribution in [2.75, 3.05) is 25.0 Å². The fraction of sp³-hybridized carbons (Fsp3) is 0.375. The summed E-state index contributed by atoms with van der Waals surface area (Å²) in [5.74, 6) is -1.48. The Hall–Kier alpha value is -2.97. The molecular weight excluding hydrogens is 447 g/mol. The van der Waals surface area contributed by atoms with Crippen molar-refractivity contribution in [1.82, 2.24) is 9.80 Å². The lowest BCUT2D eigenvalue weighted by Crippen LogP contribution is -2.62. The first-order valence-electron chi connectivity index (χ1n) is 10.7. The van der Waals surface area contributed by atoms with E-state index >= 15 is 0 Å². The molecule has 0 aromatic heterocycles. The molecule has 3 N–H and O–H groups in total. The van der Waals surface area contributed by atoms with Gasteiger partial charge in [0, 0.05) is 23.7 Å². The van der Waals surface area contributed by atoms with Gasteiger partial charge < -0.3 is 20.9 Å². The van der Waals surface area contributed by atoms with Crippen molar-refractivity contribution in [3.8, 4) is 11.1 Å². The van der Waals surface area contributed by atoms with Crippen LogP contribution >= 0.6 is 11.6 Å². The Morgan fingerprint density at radius 1 is 1.15 bits per heavy atom. The molecule has 0 unspecified atom stereocenters. The van der Waals surface area contributed by atoms with Gasteiger partial charge in [0.2, 0.25) is 11.8 Å². The van der Waals surface area contributed by atoms with Crippen LogP contribution in [0.1, 0.15) is 31.1 Å². The number of benzene rings is 2. The van der Waals surface area contributed by atoms with E-state index in [1.165, 1.54) is 11.0 Å². The molecule has 0 radical (unpaired) electrons. The molecule has 0 saturated carbocycles. The number of amides is 3. The van der Waals surface area contributed by atoms with Gasteiger partial charge in [0.25, 0.3) is 5.91 Å². The molecule has 0 spiro atoms. The van der Waals surface area contributed by atoms with Crippen LogP contribution in [0.25, 0.3) is 11.1 Å². The van der Waals surface area contributed by atoms with Gasteiger partial charge in [-0.2, -0.15) is 0 Å². The number of nitrogens with two attached hydrogens (primary N) is 1. The second-order valence-corrected chi connectivity index (χ2v) is 9.95. The van der Waals surface area contributed by atoms with Gasteiger partial charge in [0.05, 0.1) is 23.8 Å². The Morgan fingerprint density at radius 3 is 2.55 bits per heavy atom. The summed E-state index contributed by atoms with van der Waals surface area (Å²) in [5, 5.41) is 3.06. The summed E-state index contributed by atoms with van der Waals surface area (Å²) >= 11 is 5.85. The van der Waals surface area contributed by atoms with Crippen LogP contribution in [0.4, 0.5) is 10.1 Å². The lowest BCUT2D eigenvalue weighted by molar-refractivity contribution is -0.139. The highest BCUT2D eigenvalue weighted by Crippen LogP contribution is 2.32. The van der Waals surface area contributed by atoms with Gasteiger partial charge in [-0.25, -0.2) is 4.39 Å². The quantitative estimate of drug-likeness (QED) is 0.702. The van der Waals surface area contributed by atoms with E-state index in [1.54, 1.807) is 35.2 Å². The Labute approximate surface area is 196 Å². The first-order chi connectivity index (χ1) is 15.5. The number of fused-ring (bicyclic) bond motifs is 2. The highest BCUT2D eigenvalue weighted by molar-refractivity contribution is 6.30. The standard InChI is InChI=1S/C24H26ClFN4O3/c1-24(2,3)20(27)23(33)29-8-9-30-19(12-29)21(31)28-18-7-4-13(10-16(18)22(30)32)15-6-5-14(25)11-17(15)26/h4-7,10-11,19-20H,8-9,12,27H2,1-3H3,(H,28,31)/t19-,20-/m1/s1. The summed E-state index contributed by atoms with van der Waals surface area (Å²) in [6.07, 6.45) is 0. The zero-order valence-corrected chi connectivity index (χ0v) is 19.4. The highest BCUT2D eigenvalue weighted by atomic mass is 35.5. The third kappa shape index (κ3) is 4.32. The fourth-order valence-electron chi connectivity index (χ4n) is 4.11. The number of nitrogens with one attached hydrogen (secondary N) is 1. The van der Waals surface area contributed by atoms with E-state index in [4.69, 9.17) is 17.3 Å². The smallest absolute Gasteiger partial charge is 0.256 e. The van der Waals surface area contributed by atoms with E-state index in [-0.39, 0.29) is 47.9 Å². The molecule has 1 fully saturated rings. The van der Waals surface area contributed by atoms with Crippen LogP contribution in [-0.4, -0.2) is 59.2 Å². The van der Waals surface area contributed by atoms with Crippen molar-refractivity contribution >= 4 is 35.0 Å². The number of halogens is 2. The number of piperazine rings is 1. The molecule has 7 nitrogen and oxygen atoms in total. The van der Waals surface area contributed by atoms with Crippen LogP contribution in [0, 0.1) is 11.2 Å². The van der Waals surface area contributed by atoms with Gasteiger partial charge in [0.15, 0.2) is 0 Å². The van der Waals surface area contributed by atoms with Crippen molar-refractivity contribution in [2.45, 2.75) is 32.9 Å². The number of carbonyl (C=O) groups is 3. The van der Waals surface area contributed by atoms with Crippen LogP contribution < -0.4 is 11.1 Å². The van der Waals surface area contributed by atoms with Crippen LogP contribution in [0.3, 0.4) is 0 Å². The molecule has 2 aromatic rings. The van der Waals surface area contributed by atoms with E-state index in [9.17, 15) is 18.8 Å². The first kappa shape index (κ1) is 23.2. The molecule has 2 aliphatic rings. The van der Waals surface area contributed by atoms with Crippen LogP contribution in [0.5, 0.6) is 0 Å². The van der Waals surface area contributed by atoms with Crippen molar-refractivity contribution in [3.05, 3.63) is 52.8 Å². The van der Waals surface area contributed by atoms with E-state index in [1.807, 2.05) is 20.8 Å². The molecule has 4 rings (SSSR count). The average Bonchev–Trinajstić information content (AvgIpc) is 2.86. The summed E-state index contributed by atoms with van der Waals surface area (Å²) in [7, 11) is 0. The minimum atomic E-state index is -0.842. The van der Waals surface area contributed by atoms with Gasteiger partial charge in [-0.15, -0.1) is 0 Å². The van der Waals surface area contributed by atoms with E-state index in [0.717, 1.165) is 0 Å². The molecule has 2 aliphatic heterocycles. The fourth-order valence-corrected chi connectivity index (χ4v) is 4.27. The predicted octanol–water partition coefficient (Wildman–Crippen LogP) is 3.12. The van der Waals surface area contributed by atoms with Crippen LogP contribution in [0.2, 0.25) is 5.02 Å². The Bertz CT molecular complexity index is 1150. The minimum Gasteiger partial charge on any atom is -0.337 e. The summed E-state index contributed by atoms with van der Waals surface area (Å²) in [5.41, 5.74) is 7.12. The van der Waals surface area contributed by atoms with E-state index in [2.05, 4.69) is 5.32 Å². The summed E-state index contributed by atoms with van der Waals surface area (Å²) in [6, 6.07) is 7.56. The SMILES string of the molecule is CC(C)(C)[C@H](N)C(=O)N1CCN2C(=O)c3cc(-c4ccc(Cl)cc4F)ccc3NC(=O)[C@H]2C1. The van der Waals surface area contributed by atoms with E-state index < -0.39 is 23.3 Å². The molecule has 3 amide bonds. The predicted molar refractivity (Wildman–Crippen MR) is 124 cm³/mol. The molecule has 9 heteroatoms. The van der Waals surface area contributed by atoms with Crippen molar-refractivity contribution in [1.29, 1.82) is 0 Å². The first-order valence-corrected chi connectivity index (χ1v) is 11.1. The largest absolute Gasteiger partial charge is 0.337 e. The second-order valence-electron chi connectivity index (χ2n) is 9.52. The minimum absolute atomic E-state index is 0.0623. The molecule has 33 heavy (non-hydrogen) atoms. The highest BCUT2D eigenvalue weighted by Gasteiger charge is 2.42. The lowest BCUT2D eigenvalue weighted by atomic mass is 9.86. The maximum absolute atomic E-state index is 14.4. The second kappa shape index (κ2) is 8.43. The number of rotatable bonds is 2. The summed E-state index contributed by atoms with van der Waals surface area (Å²) < 4.78 is 14.4. The molecule has 174 valence electrons. The molecule has 2 aromatic carbocycles. The third-order valence-electron chi connectivity index (χ3n) is 6.20. The van der Waals surface area contributed by atoms with Crippen molar-refractivity contribution in [3.63, 3.8) is 0 Å². The van der Waals surface area contributed by atoms with E-state index in [0.29, 0.717) is 16.8 Å². The van der Waals surface area contributed by atoms with Crippen molar-refractivity contribution < 1.29 is 18.8 Å². The number of hydrogen-bond donors (Lipinski definition) is 2.